The number of rotatable bonds is 2. The molecule has 1 aromatic carbocycles. The molecule has 1 fully saturated rings. The second-order valence-corrected chi connectivity index (χ2v) is 5.37. The Kier molecular flexibility index (Phi) is 3.38. The quantitative estimate of drug-likeness (QED) is 0.778. The molecule has 3 aliphatic rings. The van der Waals surface area contributed by atoms with E-state index in [0.717, 1.165) is 18.7 Å². The number of benzene rings is 1. The van der Waals surface area contributed by atoms with Crippen molar-refractivity contribution in [3.63, 3.8) is 0 Å². The molecule has 2 aliphatic heterocycles. The maximum Gasteiger partial charge on any atom is 0.410 e. The summed E-state index contributed by atoms with van der Waals surface area (Å²) in [4.78, 5) is 13.7. The third-order valence-corrected chi connectivity index (χ3v) is 4.29. The summed E-state index contributed by atoms with van der Waals surface area (Å²) < 4.78 is 10.1. The maximum atomic E-state index is 11.9. The van der Waals surface area contributed by atoms with E-state index in [-0.39, 0.29) is 12.1 Å². The van der Waals surface area contributed by atoms with E-state index in [2.05, 4.69) is 24.3 Å². The summed E-state index contributed by atoms with van der Waals surface area (Å²) in [5.41, 5.74) is 1.25. The van der Waals surface area contributed by atoms with Gasteiger partial charge in [-0.25, -0.2) is 4.79 Å². The Balaban J connectivity index is 1.86. The Bertz CT molecular complexity index is 523. The van der Waals surface area contributed by atoms with Crippen LogP contribution in [0.4, 0.5) is 4.79 Å². The fourth-order valence-corrected chi connectivity index (χ4v) is 3.28. The lowest BCUT2D eigenvalue weighted by molar-refractivity contribution is 0.0773. The van der Waals surface area contributed by atoms with Crippen LogP contribution in [0.2, 0.25) is 0 Å². The van der Waals surface area contributed by atoms with Gasteiger partial charge in [-0.05, 0) is 30.0 Å². The van der Waals surface area contributed by atoms with Crippen molar-refractivity contribution in [2.75, 3.05) is 20.8 Å². The van der Waals surface area contributed by atoms with E-state index in [4.69, 9.17) is 9.47 Å². The largest absolute Gasteiger partial charge is 0.497 e. The molecular formula is C16H19NO3. The molecule has 0 saturated carbocycles. The number of fused-ring (bicyclic) bond motifs is 2. The van der Waals surface area contributed by atoms with Crippen LogP contribution in [0.3, 0.4) is 0 Å². The smallest absolute Gasteiger partial charge is 0.410 e. The minimum absolute atomic E-state index is 0.0980. The first kappa shape index (κ1) is 13.0. The van der Waals surface area contributed by atoms with Gasteiger partial charge >= 0.3 is 6.09 Å². The van der Waals surface area contributed by atoms with Gasteiger partial charge < -0.3 is 14.4 Å². The predicted molar refractivity (Wildman–Crippen MR) is 75.9 cm³/mol. The molecule has 20 heavy (non-hydrogen) atoms. The van der Waals surface area contributed by atoms with Crippen molar-refractivity contribution in [2.45, 2.75) is 18.4 Å². The predicted octanol–water partition coefficient (Wildman–Crippen LogP) is 2.81. The number of methoxy groups -OCH3 is 2. The Morgan fingerprint density at radius 1 is 1.20 bits per heavy atom. The molecule has 0 spiro atoms. The van der Waals surface area contributed by atoms with E-state index >= 15 is 0 Å². The number of piperidine rings is 1. The molecule has 1 saturated heterocycles. The highest BCUT2D eigenvalue weighted by Gasteiger charge is 2.40. The van der Waals surface area contributed by atoms with Crippen molar-refractivity contribution in [2.24, 2.45) is 5.92 Å². The highest BCUT2D eigenvalue weighted by molar-refractivity contribution is 5.69. The van der Waals surface area contributed by atoms with Crippen LogP contribution in [0, 0.1) is 5.92 Å². The number of amides is 1. The lowest BCUT2D eigenvalue weighted by Crippen LogP contribution is -2.51. The Hall–Kier alpha value is -1.97. The van der Waals surface area contributed by atoms with Gasteiger partial charge in [0, 0.05) is 12.5 Å². The lowest BCUT2D eigenvalue weighted by Gasteiger charge is -2.45. The number of carbonyl (C=O) groups excluding carboxylic acids is 1. The molecular weight excluding hydrogens is 254 g/mol. The van der Waals surface area contributed by atoms with Gasteiger partial charge in [0.2, 0.25) is 0 Å². The van der Waals surface area contributed by atoms with Gasteiger partial charge in [-0.2, -0.15) is 0 Å². The molecule has 0 aromatic heterocycles. The summed E-state index contributed by atoms with van der Waals surface area (Å²) in [6.45, 7) is 0.764. The van der Waals surface area contributed by atoms with Gasteiger partial charge in [-0.1, -0.05) is 24.3 Å². The second kappa shape index (κ2) is 5.19. The van der Waals surface area contributed by atoms with Crippen LogP contribution >= 0.6 is 0 Å². The van der Waals surface area contributed by atoms with Crippen LogP contribution in [-0.2, 0) is 4.74 Å². The first-order valence-electron chi connectivity index (χ1n) is 6.90. The van der Waals surface area contributed by atoms with E-state index in [0.29, 0.717) is 11.8 Å². The van der Waals surface area contributed by atoms with Crippen LogP contribution in [0.5, 0.6) is 5.75 Å². The highest BCUT2D eigenvalue weighted by atomic mass is 16.5. The third kappa shape index (κ3) is 2.15. The zero-order valence-corrected chi connectivity index (χ0v) is 11.8. The molecule has 4 rings (SSSR count). The topological polar surface area (TPSA) is 38.8 Å². The fraction of sp³-hybridized carbons (Fsp3) is 0.438. The van der Waals surface area contributed by atoms with Crippen molar-refractivity contribution < 1.29 is 14.3 Å². The summed E-state index contributed by atoms with van der Waals surface area (Å²) in [5, 5.41) is 0. The third-order valence-electron chi connectivity index (χ3n) is 4.29. The number of nitrogens with zero attached hydrogens (tertiary/aromatic N) is 1. The molecule has 3 atom stereocenters. The minimum atomic E-state index is -0.234. The van der Waals surface area contributed by atoms with E-state index in [9.17, 15) is 4.79 Å². The molecule has 4 nitrogen and oxygen atoms in total. The van der Waals surface area contributed by atoms with Crippen LogP contribution in [0.15, 0.2) is 36.4 Å². The summed E-state index contributed by atoms with van der Waals surface area (Å²) in [7, 11) is 3.11. The van der Waals surface area contributed by atoms with E-state index in [1.165, 1.54) is 12.7 Å². The minimum Gasteiger partial charge on any atom is -0.497 e. The second-order valence-electron chi connectivity index (χ2n) is 5.37. The Morgan fingerprint density at radius 2 is 1.95 bits per heavy atom. The summed E-state index contributed by atoms with van der Waals surface area (Å²) in [6, 6.07) is 8.23. The van der Waals surface area contributed by atoms with Gasteiger partial charge in [-0.3, -0.25) is 0 Å². The number of ether oxygens (including phenoxy) is 2. The number of hydrogen-bond donors (Lipinski definition) is 0. The van der Waals surface area contributed by atoms with Crippen LogP contribution in [-0.4, -0.2) is 37.8 Å². The van der Waals surface area contributed by atoms with Crippen molar-refractivity contribution >= 4 is 6.09 Å². The molecule has 0 N–H and O–H groups in total. The highest BCUT2D eigenvalue weighted by Crippen LogP contribution is 2.41. The van der Waals surface area contributed by atoms with E-state index in [1.807, 2.05) is 17.0 Å². The zero-order valence-electron chi connectivity index (χ0n) is 11.8. The molecule has 2 bridgehead atoms. The van der Waals surface area contributed by atoms with Crippen LogP contribution in [0.25, 0.3) is 0 Å². The van der Waals surface area contributed by atoms with Gasteiger partial charge in [0.25, 0.3) is 0 Å². The van der Waals surface area contributed by atoms with Crippen molar-refractivity contribution in [1.29, 1.82) is 0 Å². The molecule has 4 heteroatoms. The number of hydrogen-bond acceptors (Lipinski definition) is 3. The van der Waals surface area contributed by atoms with Crippen molar-refractivity contribution in [1.82, 2.24) is 4.90 Å². The van der Waals surface area contributed by atoms with Gasteiger partial charge in [0.15, 0.2) is 0 Å². The zero-order chi connectivity index (χ0) is 14.1. The standard InChI is InChI=1S/C16H19NO3/c1-19-13-6-4-12(5-7-13)14-9-11-3-8-15(14)17(10-11)16(18)20-2/h3-8,11,14-15H,9-10H2,1-2H3/t11-,14+,15+/m1/s1. The Morgan fingerprint density at radius 3 is 2.55 bits per heavy atom. The molecule has 1 aromatic rings. The first-order valence-corrected chi connectivity index (χ1v) is 6.90. The normalized spacial score (nSPS) is 27.5. The summed E-state index contributed by atoms with van der Waals surface area (Å²) in [5.74, 6) is 1.62. The van der Waals surface area contributed by atoms with Crippen LogP contribution < -0.4 is 4.74 Å². The Labute approximate surface area is 119 Å². The summed E-state index contributed by atoms with van der Waals surface area (Å²) in [6.07, 6.45) is 5.22. The molecule has 1 aliphatic carbocycles. The van der Waals surface area contributed by atoms with E-state index in [1.54, 1.807) is 7.11 Å². The van der Waals surface area contributed by atoms with Crippen molar-refractivity contribution in [3.05, 3.63) is 42.0 Å². The molecule has 1 amide bonds. The van der Waals surface area contributed by atoms with Crippen molar-refractivity contribution in [3.8, 4) is 5.75 Å². The molecule has 106 valence electrons. The van der Waals surface area contributed by atoms with Gasteiger partial charge in [0.05, 0.1) is 20.3 Å². The molecule has 2 heterocycles. The average Bonchev–Trinajstić information content (AvgIpc) is 2.54. The fourth-order valence-electron chi connectivity index (χ4n) is 3.28. The van der Waals surface area contributed by atoms with E-state index < -0.39 is 0 Å². The lowest BCUT2D eigenvalue weighted by atomic mass is 9.74. The number of carbonyl (C=O) groups is 1. The maximum absolute atomic E-state index is 11.9. The SMILES string of the molecule is COC(=O)N1C[C@@H]2C=C[C@H]1[C@H](c1ccc(OC)cc1)C2. The molecule has 0 unspecified atom stereocenters. The van der Waals surface area contributed by atoms with Crippen LogP contribution in [0.1, 0.15) is 17.9 Å². The average molecular weight is 273 g/mol. The summed E-state index contributed by atoms with van der Waals surface area (Å²) >= 11 is 0. The first-order chi connectivity index (χ1) is 9.72. The van der Waals surface area contributed by atoms with Gasteiger partial charge in [0.1, 0.15) is 5.75 Å². The monoisotopic (exact) mass is 273 g/mol. The van der Waals surface area contributed by atoms with Gasteiger partial charge in [-0.15, -0.1) is 0 Å². The molecule has 0 radical (unpaired) electrons.